The number of hydrogen-bond acceptors (Lipinski definition) is 7. The maximum atomic E-state index is 12.7. The smallest absolute Gasteiger partial charge is 0.336 e. The molecule has 0 aromatic heterocycles. The van der Waals surface area contributed by atoms with Gasteiger partial charge in [-0.3, -0.25) is 9.59 Å². The normalized spacial score (nSPS) is 11.9. The molecule has 41 heavy (non-hydrogen) atoms. The minimum Gasteiger partial charge on any atom is -0.454 e. The molecule has 204 valence electrons. The van der Waals surface area contributed by atoms with Crippen LogP contribution in [0.3, 0.4) is 0 Å². The second kappa shape index (κ2) is 12.6. The first-order chi connectivity index (χ1) is 19.9. The van der Waals surface area contributed by atoms with Crippen LogP contribution < -0.4 is 25.0 Å². The number of hydrazone groups is 1. The van der Waals surface area contributed by atoms with Crippen LogP contribution in [0.15, 0.2) is 102 Å². The van der Waals surface area contributed by atoms with E-state index in [2.05, 4.69) is 15.8 Å². The zero-order chi connectivity index (χ0) is 28.6. The number of benzene rings is 4. The summed E-state index contributed by atoms with van der Waals surface area (Å²) in [7, 11) is 0. The topological polar surface area (TPSA) is 115 Å². The van der Waals surface area contributed by atoms with E-state index in [-0.39, 0.29) is 24.0 Å². The molecule has 0 radical (unpaired) electrons. The van der Waals surface area contributed by atoms with Crippen LogP contribution in [0.1, 0.15) is 31.8 Å². The molecule has 9 nitrogen and oxygen atoms in total. The summed E-state index contributed by atoms with van der Waals surface area (Å²) < 4.78 is 16.0. The number of nitrogens with one attached hydrogen (secondary N) is 2. The molecule has 4 aromatic carbocycles. The van der Waals surface area contributed by atoms with Crippen LogP contribution in [0.4, 0.5) is 5.69 Å². The summed E-state index contributed by atoms with van der Waals surface area (Å²) in [6.45, 7) is 0.110. The van der Waals surface area contributed by atoms with Gasteiger partial charge in [0.05, 0.1) is 6.21 Å². The third-order valence-corrected chi connectivity index (χ3v) is 6.05. The van der Waals surface area contributed by atoms with Crippen molar-refractivity contribution in [2.24, 2.45) is 5.10 Å². The van der Waals surface area contributed by atoms with E-state index in [1.165, 1.54) is 18.4 Å². The zero-order valence-corrected chi connectivity index (χ0v) is 22.1. The highest BCUT2D eigenvalue weighted by atomic mass is 35.5. The van der Waals surface area contributed by atoms with E-state index in [4.69, 9.17) is 25.8 Å². The molecule has 0 bridgehead atoms. The van der Waals surface area contributed by atoms with Crippen molar-refractivity contribution in [3.63, 3.8) is 0 Å². The molecule has 5 rings (SSSR count). The summed E-state index contributed by atoms with van der Waals surface area (Å²) in [6, 6.07) is 25.1. The van der Waals surface area contributed by atoms with E-state index < -0.39 is 11.9 Å². The van der Waals surface area contributed by atoms with E-state index >= 15 is 0 Å². The fourth-order valence-electron chi connectivity index (χ4n) is 3.76. The zero-order valence-electron chi connectivity index (χ0n) is 21.4. The van der Waals surface area contributed by atoms with Crippen LogP contribution in [0, 0.1) is 0 Å². The fourth-order valence-corrected chi connectivity index (χ4v) is 3.89. The Morgan fingerprint density at radius 3 is 2.46 bits per heavy atom. The van der Waals surface area contributed by atoms with E-state index in [9.17, 15) is 14.4 Å². The van der Waals surface area contributed by atoms with Crippen molar-refractivity contribution < 1.29 is 28.6 Å². The summed E-state index contributed by atoms with van der Waals surface area (Å²) >= 11 is 5.88. The molecule has 2 N–H and O–H groups in total. The predicted molar refractivity (Wildman–Crippen MR) is 155 cm³/mol. The maximum absolute atomic E-state index is 12.7. The van der Waals surface area contributed by atoms with Crippen LogP contribution in [0.5, 0.6) is 17.2 Å². The Labute approximate surface area is 240 Å². The minimum atomic E-state index is -0.579. The van der Waals surface area contributed by atoms with Crippen LogP contribution in [0.2, 0.25) is 5.02 Å². The molecule has 0 spiro atoms. The molecule has 0 fully saturated rings. The number of hydrogen-bond donors (Lipinski definition) is 2. The number of nitrogens with zero attached hydrogens (tertiary/aromatic N) is 1. The van der Waals surface area contributed by atoms with Crippen molar-refractivity contribution in [2.45, 2.75) is 0 Å². The molecule has 0 saturated heterocycles. The third-order valence-electron chi connectivity index (χ3n) is 5.80. The van der Waals surface area contributed by atoms with Crippen molar-refractivity contribution in [1.82, 2.24) is 5.43 Å². The molecule has 1 aliphatic heterocycles. The molecule has 0 aliphatic carbocycles. The summed E-state index contributed by atoms with van der Waals surface area (Å²) in [5, 5.41) is 7.36. The number of esters is 1. The molecule has 4 aromatic rings. The number of anilines is 1. The van der Waals surface area contributed by atoms with E-state index in [0.29, 0.717) is 33.3 Å². The lowest BCUT2D eigenvalue weighted by atomic mass is 10.1. The van der Waals surface area contributed by atoms with Gasteiger partial charge in [0, 0.05) is 33.5 Å². The number of ether oxygens (including phenoxy) is 3. The Bertz CT molecular complexity index is 1670. The summed E-state index contributed by atoms with van der Waals surface area (Å²) in [5.41, 5.74) is 4.79. The highest BCUT2D eigenvalue weighted by Crippen LogP contribution is 2.32. The molecule has 10 heteroatoms. The van der Waals surface area contributed by atoms with Crippen molar-refractivity contribution in [2.75, 3.05) is 12.1 Å². The number of rotatable bonds is 8. The molecule has 0 atom stereocenters. The first kappa shape index (κ1) is 27.2. The summed E-state index contributed by atoms with van der Waals surface area (Å²) in [5.74, 6) is -0.107. The van der Waals surface area contributed by atoms with Crippen LogP contribution >= 0.6 is 11.6 Å². The second-order valence-electron chi connectivity index (χ2n) is 8.65. The first-order valence-electron chi connectivity index (χ1n) is 12.3. The van der Waals surface area contributed by atoms with Gasteiger partial charge < -0.3 is 19.5 Å². The van der Waals surface area contributed by atoms with Gasteiger partial charge in [-0.1, -0.05) is 41.9 Å². The van der Waals surface area contributed by atoms with Gasteiger partial charge in [0.1, 0.15) is 5.75 Å². The van der Waals surface area contributed by atoms with Crippen molar-refractivity contribution in [3.05, 3.63) is 124 Å². The predicted octanol–water partition coefficient (Wildman–Crippen LogP) is 5.70. The average Bonchev–Trinajstić information content (AvgIpc) is 3.46. The largest absolute Gasteiger partial charge is 0.454 e. The molecule has 0 saturated carbocycles. The molecular formula is C31H22ClN3O6. The Morgan fingerprint density at radius 2 is 1.61 bits per heavy atom. The Hall–Kier alpha value is -5.41. The molecular weight excluding hydrogens is 546 g/mol. The fraction of sp³-hybridized carbons (Fsp3) is 0.0323. The second-order valence-corrected chi connectivity index (χ2v) is 9.08. The lowest BCUT2D eigenvalue weighted by Gasteiger charge is -2.08. The maximum Gasteiger partial charge on any atom is 0.336 e. The number of para-hydroxylation sites is 1. The van der Waals surface area contributed by atoms with Gasteiger partial charge in [0.2, 0.25) is 6.79 Å². The van der Waals surface area contributed by atoms with Gasteiger partial charge in [0.15, 0.2) is 11.5 Å². The number of amides is 2. The quantitative estimate of drug-likeness (QED) is 0.0927. The van der Waals surface area contributed by atoms with Crippen LogP contribution in [-0.4, -0.2) is 30.8 Å². The van der Waals surface area contributed by atoms with Gasteiger partial charge in [-0.25, -0.2) is 10.2 Å². The Kier molecular flexibility index (Phi) is 8.37. The van der Waals surface area contributed by atoms with Gasteiger partial charge in [-0.15, -0.1) is 0 Å². The van der Waals surface area contributed by atoms with Crippen LogP contribution in [0.25, 0.3) is 6.08 Å². The third kappa shape index (κ3) is 7.17. The number of fused-ring (bicyclic) bond motifs is 1. The Morgan fingerprint density at radius 1 is 0.829 bits per heavy atom. The SMILES string of the molecule is O=C(/C=C/c1ccc(Cl)cc1)Oc1ccccc1C=NNC(=O)c1cccc(NC(=O)c2ccc3c(c2)OCO3)c1. The number of carbonyl (C=O) groups is 3. The van der Waals surface area contributed by atoms with Gasteiger partial charge in [0.25, 0.3) is 11.8 Å². The number of halogens is 1. The average molecular weight is 568 g/mol. The number of carbonyl (C=O) groups excluding carboxylic acids is 3. The summed E-state index contributed by atoms with van der Waals surface area (Å²) in [4.78, 5) is 37.7. The molecule has 1 aliphatic rings. The van der Waals surface area contributed by atoms with E-state index in [1.54, 1.807) is 91.0 Å². The lowest BCUT2D eigenvalue weighted by Crippen LogP contribution is -2.18. The molecule has 1 heterocycles. The Balaban J connectivity index is 1.18. The monoisotopic (exact) mass is 567 g/mol. The van der Waals surface area contributed by atoms with E-state index in [0.717, 1.165) is 5.56 Å². The van der Waals surface area contributed by atoms with Gasteiger partial charge in [-0.05, 0) is 72.3 Å². The van der Waals surface area contributed by atoms with Crippen molar-refractivity contribution >= 4 is 47.4 Å². The van der Waals surface area contributed by atoms with Crippen molar-refractivity contribution in [3.8, 4) is 17.2 Å². The highest BCUT2D eigenvalue weighted by molar-refractivity contribution is 6.30. The molecule has 0 unspecified atom stereocenters. The van der Waals surface area contributed by atoms with Gasteiger partial charge >= 0.3 is 5.97 Å². The minimum absolute atomic E-state index is 0.110. The first-order valence-corrected chi connectivity index (χ1v) is 12.7. The van der Waals surface area contributed by atoms with Gasteiger partial charge in [-0.2, -0.15) is 5.10 Å². The van der Waals surface area contributed by atoms with Crippen molar-refractivity contribution in [1.29, 1.82) is 0 Å². The lowest BCUT2D eigenvalue weighted by molar-refractivity contribution is -0.128. The molecule has 2 amide bonds. The standard InChI is InChI=1S/C31H22ClN3O6/c32-24-12-8-20(9-13-24)10-15-29(36)41-26-7-2-1-4-23(26)18-33-35-31(38)21-5-3-6-25(16-21)34-30(37)22-11-14-27-28(17-22)40-19-39-27/h1-18H,19H2,(H,34,37)(H,35,38)/b15-10+,33-18?. The van der Waals surface area contributed by atoms with Crippen LogP contribution in [-0.2, 0) is 4.79 Å². The highest BCUT2D eigenvalue weighted by Gasteiger charge is 2.17. The van der Waals surface area contributed by atoms with E-state index in [1.807, 2.05) is 0 Å². The summed E-state index contributed by atoms with van der Waals surface area (Å²) in [6.07, 6.45) is 4.28.